The predicted octanol–water partition coefficient (Wildman–Crippen LogP) is 0.0843. The van der Waals surface area contributed by atoms with Gasteiger partial charge in [-0.2, -0.15) is 0 Å². The summed E-state index contributed by atoms with van der Waals surface area (Å²) in [5.41, 5.74) is 2.53. The smallest absolute Gasteiger partial charge is 0.265 e. The largest absolute Gasteiger partial charge is 0.491 e. The second kappa shape index (κ2) is 6.34. The number of carbonyl (C=O) groups excluding carboxylic acids is 1. The van der Waals surface area contributed by atoms with Crippen LogP contribution in [0, 0.1) is 0 Å². The highest BCUT2D eigenvalue weighted by atomic mass is 16.6. The van der Waals surface area contributed by atoms with Crippen molar-refractivity contribution in [2.24, 2.45) is 5.84 Å². The highest BCUT2D eigenvalue weighted by Crippen LogP contribution is 2.13. The van der Waals surface area contributed by atoms with Crippen molar-refractivity contribution in [3.63, 3.8) is 0 Å². The summed E-state index contributed by atoms with van der Waals surface area (Å²) in [7, 11) is 0. The molecule has 18 heavy (non-hydrogen) atoms. The number of nitrogen functional groups attached to an aromatic ring is 1. The Labute approximate surface area is 105 Å². The fourth-order valence-electron chi connectivity index (χ4n) is 1.50. The molecule has 0 aliphatic carbocycles. The van der Waals surface area contributed by atoms with Gasteiger partial charge in [0, 0.05) is 5.56 Å². The van der Waals surface area contributed by atoms with E-state index in [1.807, 2.05) is 0 Å². The third-order valence-corrected chi connectivity index (χ3v) is 2.54. The Balaban J connectivity index is 1.75. The van der Waals surface area contributed by atoms with Crippen LogP contribution < -0.4 is 16.0 Å². The van der Waals surface area contributed by atoms with E-state index in [1.165, 1.54) is 0 Å². The van der Waals surface area contributed by atoms with Gasteiger partial charge >= 0.3 is 0 Å². The fourth-order valence-corrected chi connectivity index (χ4v) is 1.50. The number of hydrogen-bond donors (Lipinski definition) is 2. The molecule has 0 saturated carbocycles. The van der Waals surface area contributed by atoms with Gasteiger partial charge in [0.05, 0.1) is 19.8 Å². The fraction of sp³-hybridized carbons (Fsp3) is 0.417. The molecule has 1 aromatic rings. The van der Waals surface area contributed by atoms with Crippen molar-refractivity contribution in [2.75, 3.05) is 26.4 Å². The SMILES string of the molecule is NNC(=O)c1cccc(OCCOC2COC2)c1. The molecule has 0 spiro atoms. The van der Waals surface area contributed by atoms with E-state index in [9.17, 15) is 4.79 Å². The van der Waals surface area contributed by atoms with Crippen molar-refractivity contribution >= 4 is 5.91 Å². The molecule has 0 aromatic heterocycles. The molecule has 0 radical (unpaired) electrons. The van der Waals surface area contributed by atoms with Gasteiger partial charge in [-0.3, -0.25) is 10.2 Å². The number of benzene rings is 1. The van der Waals surface area contributed by atoms with Crippen molar-refractivity contribution in [2.45, 2.75) is 6.10 Å². The Bertz CT molecular complexity index is 407. The number of nitrogens with one attached hydrogen (secondary N) is 1. The Morgan fingerprint density at radius 2 is 2.28 bits per heavy atom. The zero-order chi connectivity index (χ0) is 12.8. The molecule has 0 bridgehead atoms. The molecule has 0 atom stereocenters. The van der Waals surface area contributed by atoms with Crippen LogP contribution in [0.1, 0.15) is 10.4 Å². The lowest BCUT2D eigenvalue weighted by atomic mass is 10.2. The first-order valence-electron chi connectivity index (χ1n) is 5.73. The quantitative estimate of drug-likeness (QED) is 0.324. The molecule has 2 rings (SSSR count). The van der Waals surface area contributed by atoms with E-state index in [1.54, 1.807) is 24.3 Å². The van der Waals surface area contributed by atoms with Crippen LogP contribution in [-0.2, 0) is 9.47 Å². The molecule has 1 heterocycles. The van der Waals surface area contributed by atoms with Gasteiger partial charge < -0.3 is 14.2 Å². The van der Waals surface area contributed by atoms with E-state index in [-0.39, 0.29) is 12.0 Å². The van der Waals surface area contributed by atoms with Gasteiger partial charge in [-0.1, -0.05) is 6.07 Å². The minimum absolute atomic E-state index is 0.197. The maximum absolute atomic E-state index is 11.3. The van der Waals surface area contributed by atoms with Crippen LogP contribution in [0.2, 0.25) is 0 Å². The minimum Gasteiger partial charge on any atom is -0.491 e. The average molecular weight is 252 g/mol. The van der Waals surface area contributed by atoms with Crippen molar-refractivity contribution in [3.05, 3.63) is 29.8 Å². The highest BCUT2D eigenvalue weighted by Gasteiger charge is 2.18. The zero-order valence-electron chi connectivity index (χ0n) is 9.93. The molecule has 1 aliphatic rings. The van der Waals surface area contributed by atoms with Crippen LogP contribution >= 0.6 is 0 Å². The van der Waals surface area contributed by atoms with Crippen LogP contribution in [0.4, 0.5) is 0 Å². The van der Waals surface area contributed by atoms with Gasteiger partial charge in [-0.15, -0.1) is 0 Å². The first-order valence-corrected chi connectivity index (χ1v) is 5.73. The molecule has 1 aliphatic heterocycles. The molecule has 6 nitrogen and oxygen atoms in total. The van der Waals surface area contributed by atoms with Crippen LogP contribution in [0.25, 0.3) is 0 Å². The monoisotopic (exact) mass is 252 g/mol. The number of carbonyl (C=O) groups is 1. The summed E-state index contributed by atoms with van der Waals surface area (Å²) in [4.78, 5) is 11.3. The molecule has 0 unspecified atom stereocenters. The molecule has 1 saturated heterocycles. The number of nitrogens with two attached hydrogens (primary N) is 1. The second-order valence-electron chi connectivity index (χ2n) is 3.88. The summed E-state index contributed by atoms with van der Waals surface area (Å²) < 4.78 is 15.9. The lowest BCUT2D eigenvalue weighted by Gasteiger charge is -2.25. The Morgan fingerprint density at radius 1 is 1.44 bits per heavy atom. The Hall–Kier alpha value is -1.63. The Kier molecular flexibility index (Phi) is 4.52. The molecule has 1 amide bonds. The molecule has 1 aromatic carbocycles. The third-order valence-electron chi connectivity index (χ3n) is 2.54. The normalized spacial score (nSPS) is 14.9. The summed E-state index contributed by atoms with van der Waals surface area (Å²) in [5, 5.41) is 0. The summed E-state index contributed by atoms with van der Waals surface area (Å²) in [6.45, 7) is 2.25. The van der Waals surface area contributed by atoms with E-state index in [0.717, 1.165) is 0 Å². The topological polar surface area (TPSA) is 82.8 Å². The third kappa shape index (κ3) is 3.43. The molecule has 98 valence electrons. The number of rotatable bonds is 6. The molecule has 3 N–H and O–H groups in total. The van der Waals surface area contributed by atoms with Gasteiger partial charge in [-0.05, 0) is 18.2 Å². The second-order valence-corrected chi connectivity index (χ2v) is 3.88. The van der Waals surface area contributed by atoms with Crippen molar-refractivity contribution in [1.82, 2.24) is 5.43 Å². The summed E-state index contributed by atoms with van der Waals surface area (Å²) in [6, 6.07) is 6.81. The maximum atomic E-state index is 11.3. The summed E-state index contributed by atoms with van der Waals surface area (Å²) in [5.74, 6) is 5.33. The van der Waals surface area contributed by atoms with E-state index < -0.39 is 0 Å². The lowest BCUT2D eigenvalue weighted by Crippen LogP contribution is -2.37. The number of amides is 1. The number of hydrogen-bond acceptors (Lipinski definition) is 5. The van der Waals surface area contributed by atoms with E-state index >= 15 is 0 Å². The van der Waals surface area contributed by atoms with Gasteiger partial charge in [0.2, 0.25) is 0 Å². The summed E-state index contributed by atoms with van der Waals surface area (Å²) in [6.07, 6.45) is 0.197. The van der Waals surface area contributed by atoms with Crippen LogP contribution in [0.3, 0.4) is 0 Å². The first-order chi connectivity index (χ1) is 8.79. The Morgan fingerprint density at radius 3 is 2.94 bits per heavy atom. The van der Waals surface area contributed by atoms with Gasteiger partial charge in [0.1, 0.15) is 18.5 Å². The van der Waals surface area contributed by atoms with Crippen molar-refractivity contribution in [3.8, 4) is 5.75 Å². The summed E-state index contributed by atoms with van der Waals surface area (Å²) >= 11 is 0. The van der Waals surface area contributed by atoms with Crippen molar-refractivity contribution < 1.29 is 19.0 Å². The molecular weight excluding hydrogens is 236 g/mol. The average Bonchev–Trinajstić information content (AvgIpc) is 2.36. The van der Waals surface area contributed by atoms with Gasteiger partial charge in [0.15, 0.2) is 0 Å². The van der Waals surface area contributed by atoms with Crippen LogP contribution in [0.15, 0.2) is 24.3 Å². The molecule has 1 fully saturated rings. The van der Waals surface area contributed by atoms with E-state index in [2.05, 4.69) is 5.43 Å². The standard InChI is InChI=1S/C12H16N2O4/c13-14-12(15)9-2-1-3-10(6-9)17-4-5-18-11-7-16-8-11/h1-3,6,11H,4-5,7-8,13H2,(H,14,15). The minimum atomic E-state index is -0.344. The van der Waals surface area contributed by atoms with Crippen molar-refractivity contribution in [1.29, 1.82) is 0 Å². The lowest BCUT2D eigenvalue weighted by molar-refractivity contribution is -0.132. The number of hydrazine groups is 1. The zero-order valence-corrected chi connectivity index (χ0v) is 9.93. The van der Waals surface area contributed by atoms with Crippen LogP contribution in [-0.4, -0.2) is 38.4 Å². The highest BCUT2D eigenvalue weighted by molar-refractivity contribution is 5.94. The van der Waals surface area contributed by atoms with Gasteiger partial charge in [-0.25, -0.2) is 5.84 Å². The van der Waals surface area contributed by atoms with E-state index in [0.29, 0.717) is 37.7 Å². The first kappa shape index (κ1) is 12.8. The predicted molar refractivity (Wildman–Crippen MR) is 64.1 cm³/mol. The van der Waals surface area contributed by atoms with Gasteiger partial charge in [0.25, 0.3) is 5.91 Å². The van der Waals surface area contributed by atoms with E-state index in [4.69, 9.17) is 20.1 Å². The molecular formula is C12H16N2O4. The number of ether oxygens (including phenoxy) is 3. The maximum Gasteiger partial charge on any atom is 0.265 e. The van der Waals surface area contributed by atoms with Crippen LogP contribution in [0.5, 0.6) is 5.75 Å². The molecule has 6 heteroatoms.